The molecule has 0 spiro atoms. The molecule has 33 heavy (non-hydrogen) atoms. The summed E-state index contributed by atoms with van der Waals surface area (Å²) in [5.74, 6) is 1.02. The van der Waals surface area contributed by atoms with E-state index in [9.17, 15) is 4.79 Å². The zero-order chi connectivity index (χ0) is 23.2. The van der Waals surface area contributed by atoms with Gasteiger partial charge in [0.2, 0.25) is 5.95 Å². The number of hydrogen-bond acceptors (Lipinski definition) is 7. The fraction of sp³-hybridized carbons (Fsp3) is 0.292. The largest absolute Gasteiger partial charge is 0.378 e. The van der Waals surface area contributed by atoms with Crippen molar-refractivity contribution in [1.29, 1.82) is 0 Å². The number of ether oxygens (including phenoxy) is 1. The van der Waals surface area contributed by atoms with Crippen LogP contribution in [0.25, 0.3) is 0 Å². The van der Waals surface area contributed by atoms with E-state index in [0.29, 0.717) is 42.1 Å². The summed E-state index contributed by atoms with van der Waals surface area (Å²) in [5, 5.41) is 6.79. The summed E-state index contributed by atoms with van der Waals surface area (Å²) >= 11 is 6.14. The molecule has 2 aromatic carbocycles. The predicted molar refractivity (Wildman–Crippen MR) is 132 cm³/mol. The quantitative estimate of drug-likeness (QED) is 0.539. The lowest BCUT2D eigenvalue weighted by Crippen LogP contribution is -2.36. The SMILES string of the molecule is CCNC(=O)c1cc(Nc2nccc(N(C)c3cccc(Cl)c3)n2)cc(N2CCOCC2)c1. The molecule has 0 atom stereocenters. The second-order valence-electron chi connectivity index (χ2n) is 7.63. The first-order valence-corrected chi connectivity index (χ1v) is 11.3. The normalized spacial score (nSPS) is 13.5. The number of nitrogens with one attached hydrogen (secondary N) is 2. The lowest BCUT2D eigenvalue weighted by atomic mass is 10.1. The highest BCUT2D eigenvalue weighted by molar-refractivity contribution is 6.30. The van der Waals surface area contributed by atoms with E-state index >= 15 is 0 Å². The van der Waals surface area contributed by atoms with Gasteiger partial charge in [0.05, 0.1) is 13.2 Å². The average Bonchev–Trinajstić information content (AvgIpc) is 2.84. The van der Waals surface area contributed by atoms with Crippen LogP contribution in [0.5, 0.6) is 0 Å². The molecular weight excluding hydrogens is 440 g/mol. The Kier molecular flexibility index (Phi) is 7.26. The van der Waals surface area contributed by atoms with Crippen LogP contribution in [-0.4, -0.2) is 55.8 Å². The number of carbonyl (C=O) groups is 1. The minimum absolute atomic E-state index is 0.119. The van der Waals surface area contributed by atoms with E-state index in [2.05, 4.69) is 25.5 Å². The molecule has 0 aliphatic carbocycles. The maximum Gasteiger partial charge on any atom is 0.251 e. The monoisotopic (exact) mass is 466 g/mol. The van der Waals surface area contributed by atoms with Crippen molar-refractivity contribution in [3.63, 3.8) is 0 Å². The van der Waals surface area contributed by atoms with Gasteiger partial charge in [-0.2, -0.15) is 4.98 Å². The van der Waals surface area contributed by atoms with Crippen LogP contribution in [0.1, 0.15) is 17.3 Å². The lowest BCUT2D eigenvalue weighted by Gasteiger charge is -2.29. The number of amides is 1. The third kappa shape index (κ3) is 5.71. The van der Waals surface area contributed by atoms with Crippen LogP contribution >= 0.6 is 11.6 Å². The van der Waals surface area contributed by atoms with Crippen LogP contribution < -0.4 is 20.4 Å². The van der Waals surface area contributed by atoms with E-state index in [1.807, 2.05) is 67.4 Å². The van der Waals surface area contributed by atoms with Crippen LogP contribution in [0, 0.1) is 0 Å². The number of aromatic nitrogens is 2. The van der Waals surface area contributed by atoms with Crippen LogP contribution in [0.15, 0.2) is 54.7 Å². The van der Waals surface area contributed by atoms with Crippen molar-refractivity contribution in [2.75, 3.05) is 55.0 Å². The van der Waals surface area contributed by atoms with Gasteiger partial charge in [-0.3, -0.25) is 4.79 Å². The van der Waals surface area contributed by atoms with Gasteiger partial charge in [-0.15, -0.1) is 0 Å². The summed E-state index contributed by atoms with van der Waals surface area (Å²) in [7, 11) is 1.92. The molecule has 2 heterocycles. The third-order valence-corrected chi connectivity index (χ3v) is 5.56. The Morgan fingerprint density at radius 3 is 2.76 bits per heavy atom. The number of nitrogens with zero attached hydrogens (tertiary/aromatic N) is 4. The molecule has 1 fully saturated rings. The highest BCUT2D eigenvalue weighted by Gasteiger charge is 2.16. The second kappa shape index (κ2) is 10.5. The van der Waals surface area contributed by atoms with Crippen LogP contribution in [0.2, 0.25) is 5.02 Å². The number of hydrogen-bond donors (Lipinski definition) is 2. The molecule has 8 nitrogen and oxygen atoms in total. The molecule has 1 aromatic heterocycles. The Balaban J connectivity index is 1.61. The summed E-state index contributed by atoms with van der Waals surface area (Å²) < 4.78 is 5.47. The average molecular weight is 467 g/mol. The van der Waals surface area contributed by atoms with E-state index in [1.165, 1.54) is 0 Å². The topological polar surface area (TPSA) is 82.6 Å². The highest BCUT2D eigenvalue weighted by Crippen LogP contribution is 2.28. The van der Waals surface area contributed by atoms with E-state index in [0.717, 1.165) is 30.2 Å². The molecule has 4 rings (SSSR count). The summed E-state index contributed by atoms with van der Waals surface area (Å²) in [6, 6.07) is 15.1. The van der Waals surface area contributed by atoms with Gasteiger partial charge in [0.15, 0.2) is 0 Å². The fourth-order valence-electron chi connectivity index (χ4n) is 3.62. The Morgan fingerprint density at radius 2 is 2.00 bits per heavy atom. The van der Waals surface area contributed by atoms with Gasteiger partial charge >= 0.3 is 0 Å². The number of carbonyl (C=O) groups excluding carboxylic acids is 1. The van der Waals surface area contributed by atoms with Crippen LogP contribution in [0.4, 0.5) is 28.8 Å². The van der Waals surface area contributed by atoms with Crippen LogP contribution in [0.3, 0.4) is 0 Å². The van der Waals surface area contributed by atoms with Crippen molar-refractivity contribution in [2.45, 2.75) is 6.92 Å². The maximum absolute atomic E-state index is 12.6. The minimum Gasteiger partial charge on any atom is -0.378 e. The summed E-state index contributed by atoms with van der Waals surface area (Å²) in [4.78, 5) is 25.8. The third-order valence-electron chi connectivity index (χ3n) is 5.33. The molecular formula is C24H27ClN6O2. The number of benzene rings is 2. The molecule has 1 amide bonds. The van der Waals surface area contributed by atoms with E-state index in [-0.39, 0.29) is 5.91 Å². The van der Waals surface area contributed by atoms with Crippen molar-refractivity contribution in [3.8, 4) is 0 Å². The summed E-state index contributed by atoms with van der Waals surface area (Å²) in [6.07, 6.45) is 1.70. The number of halogens is 1. The van der Waals surface area contributed by atoms with Crippen molar-refractivity contribution >= 4 is 46.3 Å². The Labute approximate surface area is 198 Å². The predicted octanol–water partition coefficient (Wildman–Crippen LogP) is 4.23. The molecule has 9 heteroatoms. The molecule has 0 bridgehead atoms. The highest BCUT2D eigenvalue weighted by atomic mass is 35.5. The molecule has 1 aliphatic rings. The van der Waals surface area contributed by atoms with E-state index in [4.69, 9.17) is 16.3 Å². The minimum atomic E-state index is -0.119. The van der Waals surface area contributed by atoms with Crippen molar-refractivity contribution in [3.05, 3.63) is 65.3 Å². The molecule has 3 aromatic rings. The Hall–Kier alpha value is -3.36. The smallest absolute Gasteiger partial charge is 0.251 e. The molecule has 172 valence electrons. The van der Waals surface area contributed by atoms with Crippen molar-refractivity contribution in [2.24, 2.45) is 0 Å². The van der Waals surface area contributed by atoms with Gasteiger partial charge in [-0.25, -0.2) is 4.98 Å². The second-order valence-corrected chi connectivity index (χ2v) is 8.07. The molecule has 2 N–H and O–H groups in total. The zero-order valence-corrected chi connectivity index (χ0v) is 19.5. The molecule has 1 aliphatic heterocycles. The maximum atomic E-state index is 12.6. The Bertz CT molecular complexity index is 1120. The zero-order valence-electron chi connectivity index (χ0n) is 18.7. The van der Waals surface area contributed by atoms with E-state index in [1.54, 1.807) is 6.20 Å². The first kappa shape index (κ1) is 22.8. The van der Waals surface area contributed by atoms with Gasteiger partial charge in [0.1, 0.15) is 5.82 Å². The van der Waals surface area contributed by atoms with Crippen LogP contribution in [-0.2, 0) is 4.74 Å². The molecule has 0 saturated carbocycles. The summed E-state index contributed by atoms with van der Waals surface area (Å²) in [5.41, 5.74) is 3.19. The standard InChI is InChI=1S/C24H27ClN6O2/c1-3-26-23(32)17-13-19(16-21(14-17)31-9-11-33-12-10-31)28-24-27-8-7-22(29-24)30(2)20-6-4-5-18(25)15-20/h4-8,13-16H,3,9-12H2,1-2H3,(H,26,32)(H,27,28,29). The van der Waals surface area contributed by atoms with Gasteiger partial charge in [-0.05, 0) is 49.4 Å². The number of morpholine rings is 1. The van der Waals surface area contributed by atoms with Crippen molar-refractivity contribution < 1.29 is 9.53 Å². The first-order valence-electron chi connectivity index (χ1n) is 10.9. The molecule has 1 saturated heterocycles. The fourth-order valence-corrected chi connectivity index (χ4v) is 3.81. The van der Waals surface area contributed by atoms with Gasteiger partial charge in [-0.1, -0.05) is 17.7 Å². The molecule has 0 unspecified atom stereocenters. The number of rotatable bonds is 7. The first-order chi connectivity index (χ1) is 16.0. The summed E-state index contributed by atoms with van der Waals surface area (Å²) in [6.45, 7) is 5.33. The van der Waals surface area contributed by atoms with Crippen molar-refractivity contribution in [1.82, 2.24) is 15.3 Å². The Morgan fingerprint density at radius 1 is 1.18 bits per heavy atom. The lowest BCUT2D eigenvalue weighted by molar-refractivity contribution is 0.0956. The number of anilines is 5. The van der Waals surface area contributed by atoms with E-state index < -0.39 is 0 Å². The van der Waals surface area contributed by atoms with Gasteiger partial charge in [0, 0.05) is 60.5 Å². The van der Waals surface area contributed by atoms with Gasteiger partial charge in [0.25, 0.3) is 5.91 Å². The van der Waals surface area contributed by atoms with Gasteiger partial charge < -0.3 is 25.2 Å². The molecule has 0 radical (unpaired) electrons.